The summed E-state index contributed by atoms with van der Waals surface area (Å²) in [6.07, 6.45) is 0. The summed E-state index contributed by atoms with van der Waals surface area (Å²) in [6.45, 7) is 16.4. The zero-order valence-corrected chi connectivity index (χ0v) is 36.4. The Labute approximate surface area is 363 Å². The van der Waals surface area contributed by atoms with Gasteiger partial charge in [-0.1, -0.05) is 151 Å². The standard InChI is InChI=1S/C58H47BN2O/c1-56(2,3)32-20-22-33(23-21-32)60-48-29-40-34-14-8-11-17-43(34)57(4,5)45(40)28-42(48)37-24-25-39-52-49(27-26-38-36-16-10-13-19-51(36)62-55(38)52)61-50-30-41-35-15-9-12-18-44(35)58(6,7)46(41)31-47(50)59-53(37)54(39)61/h8-31,59-60H,1-7H3. The summed E-state index contributed by atoms with van der Waals surface area (Å²) in [5, 5.41) is 8.71. The number of hydrogen-bond donors (Lipinski definition) is 1. The minimum absolute atomic E-state index is 0.0748. The summed E-state index contributed by atoms with van der Waals surface area (Å²) in [5.74, 6) is 0. The van der Waals surface area contributed by atoms with Gasteiger partial charge in [0.2, 0.25) is 0 Å². The van der Waals surface area contributed by atoms with Crippen LogP contribution in [0.2, 0.25) is 0 Å². The molecule has 0 spiro atoms. The molecule has 0 bridgehead atoms. The molecule has 0 saturated heterocycles. The molecule has 1 N–H and O–H groups in total. The molecule has 2 aliphatic carbocycles. The van der Waals surface area contributed by atoms with Gasteiger partial charge in [0.1, 0.15) is 11.2 Å². The topological polar surface area (TPSA) is 30.1 Å². The lowest BCUT2D eigenvalue weighted by atomic mass is 9.58. The Balaban J connectivity index is 1.11. The number of anilines is 2. The number of fused-ring (bicyclic) bond motifs is 15. The highest BCUT2D eigenvalue weighted by Gasteiger charge is 2.39. The number of rotatable bonds is 3. The number of aromatic nitrogens is 1. The van der Waals surface area contributed by atoms with Crippen molar-refractivity contribution in [1.82, 2.24) is 4.57 Å². The van der Waals surface area contributed by atoms with Crippen molar-refractivity contribution in [2.75, 3.05) is 5.32 Å². The van der Waals surface area contributed by atoms with Crippen molar-refractivity contribution in [3.05, 3.63) is 173 Å². The molecule has 0 fully saturated rings. The minimum atomic E-state index is -0.148. The zero-order chi connectivity index (χ0) is 42.0. The van der Waals surface area contributed by atoms with Crippen molar-refractivity contribution in [3.63, 3.8) is 0 Å². The van der Waals surface area contributed by atoms with Crippen LogP contribution in [0.3, 0.4) is 0 Å². The Hall–Kier alpha value is -6.78. The van der Waals surface area contributed by atoms with Gasteiger partial charge in [-0.15, -0.1) is 0 Å². The molecule has 3 heterocycles. The van der Waals surface area contributed by atoms with Gasteiger partial charge in [-0.25, -0.2) is 0 Å². The molecular weight excluding hydrogens is 751 g/mol. The van der Waals surface area contributed by atoms with Crippen LogP contribution in [-0.2, 0) is 16.2 Å². The third-order valence-corrected chi connectivity index (χ3v) is 15.0. The first-order valence-corrected chi connectivity index (χ1v) is 22.2. The predicted molar refractivity (Wildman–Crippen MR) is 263 cm³/mol. The fourth-order valence-electron chi connectivity index (χ4n) is 11.7. The maximum atomic E-state index is 6.84. The highest BCUT2D eigenvalue weighted by atomic mass is 16.3. The lowest BCUT2D eigenvalue weighted by molar-refractivity contribution is 0.590. The van der Waals surface area contributed by atoms with E-state index >= 15 is 0 Å². The molecule has 8 aromatic carbocycles. The molecule has 13 rings (SSSR count). The predicted octanol–water partition coefficient (Wildman–Crippen LogP) is 13.7. The van der Waals surface area contributed by atoms with Gasteiger partial charge < -0.3 is 14.3 Å². The Kier molecular flexibility index (Phi) is 6.94. The Morgan fingerprint density at radius 1 is 0.548 bits per heavy atom. The van der Waals surface area contributed by atoms with Gasteiger partial charge in [0.05, 0.1) is 10.9 Å². The quantitative estimate of drug-likeness (QED) is 0.180. The Bertz CT molecular complexity index is 3610. The van der Waals surface area contributed by atoms with Gasteiger partial charge in [0.25, 0.3) is 0 Å². The highest BCUT2D eigenvalue weighted by molar-refractivity contribution is 6.73. The Morgan fingerprint density at radius 2 is 1.19 bits per heavy atom. The fourth-order valence-corrected chi connectivity index (χ4v) is 11.7. The molecule has 3 nitrogen and oxygen atoms in total. The maximum Gasteiger partial charge on any atom is 0.198 e. The lowest BCUT2D eigenvalue weighted by Crippen LogP contribution is -2.38. The van der Waals surface area contributed by atoms with Crippen LogP contribution in [0.4, 0.5) is 11.4 Å². The minimum Gasteiger partial charge on any atom is -0.455 e. The van der Waals surface area contributed by atoms with E-state index in [1.54, 1.807) is 0 Å². The second-order valence-corrected chi connectivity index (χ2v) is 20.2. The summed E-state index contributed by atoms with van der Waals surface area (Å²) in [7, 11) is 0.821. The normalized spacial score (nSPS) is 15.1. The SMILES string of the molecule is CC(C)(C)c1ccc(Nc2cc3c(cc2-c2ccc4c5c6oc7ccccc7c6ccc5n5c4c2Bc2cc4c(cc2-5)-c2ccccc2C4(C)C)C(C)(C)c2ccccc2-3)cc1. The molecular formula is C58H47BN2O. The monoisotopic (exact) mass is 798 g/mol. The van der Waals surface area contributed by atoms with Crippen molar-refractivity contribution in [2.45, 2.75) is 64.7 Å². The van der Waals surface area contributed by atoms with E-state index in [-0.39, 0.29) is 16.2 Å². The van der Waals surface area contributed by atoms with Crippen LogP contribution >= 0.6 is 0 Å². The molecule has 0 atom stereocenters. The van der Waals surface area contributed by atoms with E-state index in [1.807, 2.05) is 0 Å². The largest absolute Gasteiger partial charge is 0.455 e. The summed E-state index contributed by atoms with van der Waals surface area (Å²) in [6, 6.07) is 54.9. The van der Waals surface area contributed by atoms with Gasteiger partial charge in [-0.2, -0.15) is 0 Å². The molecule has 4 heteroatoms. The van der Waals surface area contributed by atoms with Gasteiger partial charge in [-0.05, 0) is 115 Å². The van der Waals surface area contributed by atoms with Crippen molar-refractivity contribution in [2.24, 2.45) is 0 Å². The highest BCUT2D eigenvalue weighted by Crippen LogP contribution is 2.53. The first-order chi connectivity index (χ1) is 29.9. The second-order valence-electron chi connectivity index (χ2n) is 20.2. The average molecular weight is 799 g/mol. The van der Waals surface area contributed by atoms with E-state index in [0.717, 1.165) is 40.6 Å². The van der Waals surface area contributed by atoms with Gasteiger partial charge in [0.15, 0.2) is 7.28 Å². The van der Waals surface area contributed by atoms with Crippen molar-refractivity contribution >= 4 is 73.3 Å². The molecule has 298 valence electrons. The molecule has 3 aliphatic rings. The van der Waals surface area contributed by atoms with Crippen molar-refractivity contribution in [3.8, 4) is 39.1 Å². The third kappa shape index (κ3) is 4.67. The number of benzene rings is 8. The summed E-state index contributed by atoms with van der Waals surface area (Å²) in [4.78, 5) is 0. The average Bonchev–Trinajstić information content (AvgIpc) is 3.95. The smallest absolute Gasteiger partial charge is 0.198 e. The van der Waals surface area contributed by atoms with Crippen LogP contribution in [0.1, 0.15) is 76.3 Å². The van der Waals surface area contributed by atoms with E-state index in [4.69, 9.17) is 4.42 Å². The van der Waals surface area contributed by atoms with Crippen LogP contribution in [0.25, 0.3) is 82.8 Å². The van der Waals surface area contributed by atoms with Crippen molar-refractivity contribution in [1.29, 1.82) is 0 Å². The second kappa shape index (κ2) is 12.0. The number of hydrogen-bond acceptors (Lipinski definition) is 2. The van der Waals surface area contributed by atoms with Gasteiger partial charge in [0, 0.05) is 55.1 Å². The van der Waals surface area contributed by atoms with E-state index < -0.39 is 0 Å². The van der Waals surface area contributed by atoms with Crippen LogP contribution in [0, 0.1) is 0 Å². The van der Waals surface area contributed by atoms with E-state index in [2.05, 4.69) is 204 Å². The molecule has 2 aromatic heterocycles. The number of furan rings is 1. The van der Waals surface area contributed by atoms with E-state index in [1.165, 1.54) is 99.6 Å². The fraction of sp³-hybridized carbons (Fsp3) is 0.172. The maximum absolute atomic E-state index is 6.84. The number of nitrogens with one attached hydrogen (secondary N) is 1. The molecule has 62 heavy (non-hydrogen) atoms. The van der Waals surface area contributed by atoms with E-state index in [9.17, 15) is 0 Å². The van der Waals surface area contributed by atoms with Crippen molar-refractivity contribution < 1.29 is 4.42 Å². The Morgan fingerprint density at radius 3 is 1.92 bits per heavy atom. The van der Waals surface area contributed by atoms with E-state index in [0.29, 0.717) is 0 Å². The molecule has 0 amide bonds. The number of para-hydroxylation sites is 1. The molecule has 1 aliphatic heterocycles. The first kappa shape index (κ1) is 35.9. The first-order valence-electron chi connectivity index (χ1n) is 22.2. The summed E-state index contributed by atoms with van der Waals surface area (Å²) >= 11 is 0. The lowest BCUT2D eigenvalue weighted by Gasteiger charge is -2.28. The number of nitrogens with zero attached hydrogens (tertiary/aromatic N) is 1. The molecule has 0 radical (unpaired) electrons. The van der Waals surface area contributed by atoms with Crippen LogP contribution in [-0.4, -0.2) is 11.8 Å². The summed E-state index contributed by atoms with van der Waals surface area (Å²) in [5.41, 5.74) is 25.0. The molecule has 10 aromatic rings. The van der Waals surface area contributed by atoms with Gasteiger partial charge in [-0.3, -0.25) is 0 Å². The molecule has 0 unspecified atom stereocenters. The van der Waals surface area contributed by atoms with Crippen LogP contribution in [0.5, 0.6) is 0 Å². The van der Waals surface area contributed by atoms with Crippen LogP contribution < -0.4 is 16.2 Å². The van der Waals surface area contributed by atoms with Crippen LogP contribution in [0.15, 0.2) is 150 Å². The third-order valence-electron chi connectivity index (χ3n) is 15.0. The van der Waals surface area contributed by atoms with Gasteiger partial charge >= 0.3 is 0 Å². The summed E-state index contributed by atoms with van der Waals surface area (Å²) < 4.78 is 9.42. The zero-order valence-electron chi connectivity index (χ0n) is 36.4. The molecule has 0 saturated carbocycles.